The van der Waals surface area contributed by atoms with Crippen molar-refractivity contribution < 1.29 is 4.74 Å². The average molecular weight is 254 g/mol. The van der Waals surface area contributed by atoms with E-state index in [1.165, 1.54) is 10.6 Å². The average Bonchev–Trinajstić information content (AvgIpc) is 2.59. The number of hydrogen-bond acceptors (Lipinski definition) is 4. The Morgan fingerprint density at radius 1 is 1.53 bits per heavy atom. The first-order valence-electron chi connectivity index (χ1n) is 6.33. The lowest BCUT2D eigenvalue weighted by atomic mass is 9.77. The molecule has 0 amide bonds. The van der Waals surface area contributed by atoms with Gasteiger partial charge >= 0.3 is 0 Å². The monoisotopic (exact) mass is 254 g/mol. The predicted molar refractivity (Wildman–Crippen MR) is 71.1 cm³/mol. The molecule has 96 valence electrons. The standard InChI is InChI=1S/C13H22N2OS/c1-4-5-16-8-11-15-10-7-13(2,3)6-9(14)12(10)17-11/h9H,4-8,14H2,1-3H3. The summed E-state index contributed by atoms with van der Waals surface area (Å²) in [6.45, 7) is 8.09. The van der Waals surface area contributed by atoms with Gasteiger partial charge in [0.05, 0.1) is 12.3 Å². The Balaban J connectivity index is 2.10. The van der Waals surface area contributed by atoms with Crippen LogP contribution in [-0.2, 0) is 17.8 Å². The topological polar surface area (TPSA) is 48.1 Å². The van der Waals surface area contributed by atoms with E-state index in [4.69, 9.17) is 10.5 Å². The number of thiazole rings is 1. The van der Waals surface area contributed by atoms with Gasteiger partial charge in [0.2, 0.25) is 0 Å². The zero-order chi connectivity index (χ0) is 12.5. The second-order valence-electron chi connectivity index (χ2n) is 5.62. The Bertz CT molecular complexity index is 387. The van der Waals surface area contributed by atoms with Crippen molar-refractivity contribution in [1.82, 2.24) is 4.98 Å². The molecule has 1 atom stereocenters. The zero-order valence-corrected chi connectivity index (χ0v) is 11.8. The van der Waals surface area contributed by atoms with Gasteiger partial charge in [0.15, 0.2) is 0 Å². The summed E-state index contributed by atoms with van der Waals surface area (Å²) in [6, 6.07) is 0.158. The molecule has 0 saturated carbocycles. The van der Waals surface area contributed by atoms with Crippen molar-refractivity contribution in [2.24, 2.45) is 11.1 Å². The second kappa shape index (κ2) is 5.04. The molecule has 0 aromatic carbocycles. The molecule has 1 aliphatic rings. The van der Waals surface area contributed by atoms with Crippen LogP contribution in [0.2, 0.25) is 0 Å². The fourth-order valence-corrected chi connectivity index (χ4v) is 3.43. The van der Waals surface area contributed by atoms with Crippen molar-refractivity contribution in [2.75, 3.05) is 6.61 Å². The van der Waals surface area contributed by atoms with Crippen molar-refractivity contribution in [3.05, 3.63) is 15.6 Å². The van der Waals surface area contributed by atoms with Crippen LogP contribution in [0.5, 0.6) is 0 Å². The van der Waals surface area contributed by atoms with E-state index in [-0.39, 0.29) is 11.5 Å². The van der Waals surface area contributed by atoms with Crippen LogP contribution in [-0.4, -0.2) is 11.6 Å². The predicted octanol–water partition coefficient (Wildman–Crippen LogP) is 3.04. The van der Waals surface area contributed by atoms with Crippen LogP contribution >= 0.6 is 11.3 Å². The number of hydrogen-bond donors (Lipinski definition) is 1. The Labute approximate surface area is 107 Å². The van der Waals surface area contributed by atoms with E-state index < -0.39 is 0 Å². The summed E-state index contributed by atoms with van der Waals surface area (Å²) < 4.78 is 5.54. The third kappa shape index (κ3) is 3.06. The largest absolute Gasteiger partial charge is 0.374 e. The molecule has 0 spiro atoms. The molecule has 2 rings (SSSR count). The van der Waals surface area contributed by atoms with E-state index in [1.807, 2.05) is 0 Å². The molecular weight excluding hydrogens is 232 g/mol. The highest BCUT2D eigenvalue weighted by atomic mass is 32.1. The van der Waals surface area contributed by atoms with Crippen LogP contribution in [0.4, 0.5) is 0 Å². The Kier molecular flexibility index (Phi) is 3.85. The summed E-state index contributed by atoms with van der Waals surface area (Å²) in [5.41, 5.74) is 7.70. The molecule has 2 N–H and O–H groups in total. The molecule has 0 fully saturated rings. The van der Waals surface area contributed by atoms with E-state index in [0.717, 1.165) is 30.9 Å². The minimum absolute atomic E-state index is 0.158. The normalized spacial score (nSPS) is 22.5. The molecule has 1 heterocycles. The summed E-state index contributed by atoms with van der Waals surface area (Å²) in [5, 5.41) is 1.08. The van der Waals surface area contributed by atoms with Crippen molar-refractivity contribution >= 4 is 11.3 Å². The van der Waals surface area contributed by atoms with Crippen LogP contribution in [0.3, 0.4) is 0 Å². The van der Waals surface area contributed by atoms with Gasteiger partial charge in [-0.1, -0.05) is 20.8 Å². The highest BCUT2D eigenvalue weighted by Crippen LogP contribution is 2.41. The zero-order valence-electron chi connectivity index (χ0n) is 11.0. The SMILES string of the molecule is CCCOCc1nc2c(s1)C(N)CC(C)(C)C2. The Morgan fingerprint density at radius 3 is 3.00 bits per heavy atom. The molecule has 1 unspecified atom stereocenters. The fourth-order valence-electron chi connectivity index (χ4n) is 2.41. The van der Waals surface area contributed by atoms with E-state index in [2.05, 4.69) is 25.8 Å². The molecule has 0 saturated heterocycles. The molecule has 0 aliphatic heterocycles. The van der Waals surface area contributed by atoms with E-state index >= 15 is 0 Å². The highest BCUT2D eigenvalue weighted by Gasteiger charge is 2.33. The van der Waals surface area contributed by atoms with Gasteiger partial charge in [0.25, 0.3) is 0 Å². The summed E-state index contributed by atoms with van der Waals surface area (Å²) >= 11 is 1.73. The van der Waals surface area contributed by atoms with Crippen molar-refractivity contribution in [1.29, 1.82) is 0 Å². The van der Waals surface area contributed by atoms with Crippen LogP contribution in [0.25, 0.3) is 0 Å². The van der Waals surface area contributed by atoms with Gasteiger partial charge in [-0.2, -0.15) is 0 Å². The molecule has 1 aromatic rings. The smallest absolute Gasteiger partial charge is 0.119 e. The lowest BCUT2D eigenvalue weighted by Gasteiger charge is -2.32. The van der Waals surface area contributed by atoms with E-state index in [9.17, 15) is 0 Å². The number of rotatable bonds is 4. The Hall–Kier alpha value is -0.450. The molecule has 1 aromatic heterocycles. The first-order chi connectivity index (χ1) is 8.02. The van der Waals surface area contributed by atoms with Crippen LogP contribution in [0, 0.1) is 5.41 Å². The van der Waals surface area contributed by atoms with Gasteiger partial charge < -0.3 is 10.5 Å². The first kappa shape index (κ1) is 13.0. The highest BCUT2D eigenvalue weighted by molar-refractivity contribution is 7.11. The lowest BCUT2D eigenvalue weighted by Crippen LogP contribution is -2.28. The van der Waals surface area contributed by atoms with Gasteiger partial charge in [0.1, 0.15) is 5.01 Å². The minimum Gasteiger partial charge on any atom is -0.374 e. The first-order valence-corrected chi connectivity index (χ1v) is 7.15. The summed E-state index contributed by atoms with van der Waals surface area (Å²) in [6.07, 6.45) is 3.15. The molecule has 17 heavy (non-hydrogen) atoms. The fraction of sp³-hybridized carbons (Fsp3) is 0.769. The maximum atomic E-state index is 6.22. The molecule has 0 radical (unpaired) electrons. The Morgan fingerprint density at radius 2 is 2.29 bits per heavy atom. The third-order valence-corrected chi connectivity index (χ3v) is 4.30. The van der Waals surface area contributed by atoms with Gasteiger partial charge in [-0.15, -0.1) is 11.3 Å². The maximum absolute atomic E-state index is 6.22. The van der Waals surface area contributed by atoms with Crippen molar-refractivity contribution in [2.45, 2.75) is 52.7 Å². The number of fused-ring (bicyclic) bond motifs is 1. The van der Waals surface area contributed by atoms with Gasteiger partial charge in [-0.05, 0) is 24.7 Å². The van der Waals surface area contributed by atoms with Crippen molar-refractivity contribution in [3.8, 4) is 0 Å². The summed E-state index contributed by atoms with van der Waals surface area (Å²) in [7, 11) is 0. The molecule has 4 heteroatoms. The van der Waals surface area contributed by atoms with Crippen LogP contribution in [0.1, 0.15) is 55.2 Å². The van der Waals surface area contributed by atoms with Crippen LogP contribution in [0.15, 0.2) is 0 Å². The number of nitrogens with two attached hydrogens (primary N) is 1. The van der Waals surface area contributed by atoms with Gasteiger partial charge in [0, 0.05) is 17.5 Å². The summed E-state index contributed by atoms with van der Waals surface area (Å²) in [5.74, 6) is 0. The third-order valence-electron chi connectivity index (χ3n) is 3.10. The summed E-state index contributed by atoms with van der Waals surface area (Å²) in [4.78, 5) is 5.96. The molecule has 0 bridgehead atoms. The minimum atomic E-state index is 0.158. The number of nitrogens with zero attached hydrogens (tertiary/aromatic N) is 1. The lowest BCUT2D eigenvalue weighted by molar-refractivity contribution is 0.121. The number of ether oxygens (including phenoxy) is 1. The van der Waals surface area contributed by atoms with E-state index in [0.29, 0.717) is 6.61 Å². The maximum Gasteiger partial charge on any atom is 0.119 e. The van der Waals surface area contributed by atoms with E-state index in [1.54, 1.807) is 11.3 Å². The molecular formula is C13H22N2OS. The second-order valence-corrected chi connectivity index (χ2v) is 6.74. The van der Waals surface area contributed by atoms with Gasteiger partial charge in [-0.3, -0.25) is 0 Å². The molecule has 1 aliphatic carbocycles. The molecule has 3 nitrogen and oxygen atoms in total. The quantitative estimate of drug-likeness (QED) is 0.840. The van der Waals surface area contributed by atoms with Crippen LogP contribution < -0.4 is 5.73 Å². The number of aromatic nitrogens is 1. The van der Waals surface area contributed by atoms with Crippen molar-refractivity contribution in [3.63, 3.8) is 0 Å². The van der Waals surface area contributed by atoms with Gasteiger partial charge in [-0.25, -0.2) is 4.98 Å².